The number of hydrogen-bond acceptors (Lipinski definition) is 7. The number of carbonyl (C=O) groups is 2. The molecule has 5 rings (SSSR count). The van der Waals surface area contributed by atoms with Crippen molar-refractivity contribution >= 4 is 23.2 Å². The second kappa shape index (κ2) is 13.1. The quantitative estimate of drug-likeness (QED) is 0.171. The van der Waals surface area contributed by atoms with E-state index in [2.05, 4.69) is 15.6 Å². The molecule has 228 valence electrons. The van der Waals surface area contributed by atoms with Crippen LogP contribution in [0.3, 0.4) is 0 Å². The molecule has 2 amide bonds. The van der Waals surface area contributed by atoms with E-state index in [1.807, 2.05) is 0 Å². The van der Waals surface area contributed by atoms with Gasteiger partial charge in [-0.05, 0) is 66.2 Å². The van der Waals surface area contributed by atoms with Crippen molar-refractivity contribution in [3.05, 3.63) is 130 Å². The van der Waals surface area contributed by atoms with Crippen LogP contribution in [0.1, 0.15) is 15.9 Å². The summed E-state index contributed by atoms with van der Waals surface area (Å²) in [6, 6.07) is 20.7. The molecule has 0 saturated carbocycles. The van der Waals surface area contributed by atoms with Gasteiger partial charge in [0, 0.05) is 48.5 Å². The predicted molar refractivity (Wildman–Crippen MR) is 161 cm³/mol. The number of nitrogens with zero attached hydrogens (tertiary/aromatic N) is 5. The van der Waals surface area contributed by atoms with Gasteiger partial charge in [0.05, 0.1) is 23.9 Å². The molecule has 0 fully saturated rings. The maximum absolute atomic E-state index is 14.0. The van der Waals surface area contributed by atoms with Crippen molar-refractivity contribution in [2.24, 2.45) is 0 Å². The minimum absolute atomic E-state index is 0.0627. The Kier molecular flexibility index (Phi) is 8.89. The summed E-state index contributed by atoms with van der Waals surface area (Å²) in [7, 11) is 3.05. The Balaban J connectivity index is 1.38. The van der Waals surface area contributed by atoms with Gasteiger partial charge in [0.2, 0.25) is 5.91 Å². The van der Waals surface area contributed by atoms with E-state index in [1.165, 1.54) is 48.0 Å². The number of non-ortho nitro benzene ring substituents is 1. The number of halogens is 2. The normalized spacial score (nSPS) is 11.5. The lowest BCUT2D eigenvalue weighted by atomic mass is 10.0. The van der Waals surface area contributed by atoms with E-state index in [1.54, 1.807) is 54.7 Å². The summed E-state index contributed by atoms with van der Waals surface area (Å²) < 4.78 is 34.6. The number of likely N-dealkylation sites (N-methyl/N-ethyl adjacent to an activating group) is 1. The number of nitro benzene ring substituents is 1. The number of amides is 2. The lowest BCUT2D eigenvalue weighted by molar-refractivity contribution is -0.384. The van der Waals surface area contributed by atoms with Crippen molar-refractivity contribution < 1.29 is 28.0 Å². The van der Waals surface area contributed by atoms with Gasteiger partial charge >= 0.3 is 0 Å². The standard InChI is InChI=1S/C32H26F2N6O5/c1-38(25-10-12-28(45-2)13-11-25)32(42)29(16-20-14-23(33)18-24(34)15-20)35-31(41)22-5-3-4-21(17-22)30-19-39(37-36-30)26-6-8-27(9-7-26)40(43)44/h3-15,17-19,29H,16H2,1-2H3,(H,35,41)/t29-/m0/s1. The third-order valence-electron chi connectivity index (χ3n) is 6.99. The molecule has 1 N–H and O–H groups in total. The van der Waals surface area contributed by atoms with Crippen LogP contribution < -0.4 is 15.0 Å². The number of methoxy groups -OCH3 is 1. The van der Waals surface area contributed by atoms with Gasteiger partial charge in [0.1, 0.15) is 29.1 Å². The molecular formula is C32H26F2N6O5. The van der Waals surface area contributed by atoms with E-state index in [0.29, 0.717) is 28.4 Å². The van der Waals surface area contributed by atoms with Crippen LogP contribution in [0.4, 0.5) is 20.2 Å². The van der Waals surface area contributed by atoms with Crippen LogP contribution in [0.25, 0.3) is 16.9 Å². The Morgan fingerprint density at radius 2 is 1.69 bits per heavy atom. The van der Waals surface area contributed by atoms with Gasteiger partial charge in [0.25, 0.3) is 11.6 Å². The number of rotatable bonds is 10. The Morgan fingerprint density at radius 3 is 2.33 bits per heavy atom. The lowest BCUT2D eigenvalue weighted by Gasteiger charge is -2.25. The number of ether oxygens (including phenoxy) is 1. The highest BCUT2D eigenvalue weighted by Crippen LogP contribution is 2.22. The molecule has 0 saturated heterocycles. The van der Waals surface area contributed by atoms with Crippen LogP contribution in [0.5, 0.6) is 5.75 Å². The second-order valence-electron chi connectivity index (χ2n) is 10.0. The first-order valence-electron chi connectivity index (χ1n) is 13.6. The predicted octanol–water partition coefficient (Wildman–Crippen LogP) is 5.13. The summed E-state index contributed by atoms with van der Waals surface area (Å²) in [5.41, 5.74) is 2.35. The van der Waals surface area contributed by atoms with E-state index in [9.17, 15) is 28.5 Å². The van der Waals surface area contributed by atoms with Crippen LogP contribution in [-0.2, 0) is 11.2 Å². The van der Waals surface area contributed by atoms with Crippen LogP contribution in [0.15, 0.2) is 97.2 Å². The molecule has 1 atom stereocenters. The molecule has 0 spiro atoms. The molecule has 5 aromatic rings. The summed E-state index contributed by atoms with van der Waals surface area (Å²) in [5, 5.41) is 21.9. The number of nitrogens with one attached hydrogen (secondary N) is 1. The average molecular weight is 613 g/mol. The lowest BCUT2D eigenvalue weighted by Crippen LogP contribution is -2.48. The van der Waals surface area contributed by atoms with Crippen molar-refractivity contribution in [1.29, 1.82) is 0 Å². The molecular weight excluding hydrogens is 586 g/mol. The molecule has 11 nitrogen and oxygen atoms in total. The molecule has 0 unspecified atom stereocenters. The van der Waals surface area contributed by atoms with Crippen molar-refractivity contribution in [2.75, 3.05) is 19.1 Å². The van der Waals surface area contributed by atoms with Crippen LogP contribution >= 0.6 is 0 Å². The molecule has 0 aliphatic rings. The topological polar surface area (TPSA) is 132 Å². The Hall–Kier alpha value is -5.98. The zero-order valence-electron chi connectivity index (χ0n) is 24.1. The second-order valence-corrected chi connectivity index (χ2v) is 10.0. The molecule has 0 radical (unpaired) electrons. The minimum Gasteiger partial charge on any atom is -0.497 e. The van der Waals surface area contributed by atoms with Crippen LogP contribution in [0.2, 0.25) is 0 Å². The largest absolute Gasteiger partial charge is 0.497 e. The van der Waals surface area contributed by atoms with Crippen molar-refractivity contribution in [3.63, 3.8) is 0 Å². The third kappa shape index (κ3) is 7.16. The molecule has 1 aromatic heterocycles. The minimum atomic E-state index is -1.18. The first-order valence-corrected chi connectivity index (χ1v) is 13.6. The first-order chi connectivity index (χ1) is 21.6. The highest BCUT2D eigenvalue weighted by Gasteiger charge is 2.26. The SMILES string of the molecule is COc1ccc(N(C)C(=O)[C@H](Cc2cc(F)cc(F)c2)NC(=O)c2cccc(-c3cn(-c4ccc([N+](=O)[O-])cc4)nn3)c2)cc1. The average Bonchev–Trinajstić information content (AvgIpc) is 3.54. The number of hydrogen-bond donors (Lipinski definition) is 1. The number of aromatic nitrogens is 3. The monoisotopic (exact) mass is 612 g/mol. The number of carbonyl (C=O) groups excluding carboxylic acids is 2. The third-order valence-corrected chi connectivity index (χ3v) is 6.99. The molecule has 4 aromatic carbocycles. The van der Waals surface area contributed by atoms with Gasteiger partial charge in [-0.15, -0.1) is 5.10 Å². The van der Waals surface area contributed by atoms with Gasteiger partial charge in [-0.3, -0.25) is 19.7 Å². The number of anilines is 1. The van der Waals surface area contributed by atoms with E-state index in [-0.39, 0.29) is 23.2 Å². The van der Waals surface area contributed by atoms with Crippen LogP contribution in [-0.4, -0.2) is 51.9 Å². The number of benzene rings is 4. The van der Waals surface area contributed by atoms with Crippen LogP contribution in [0, 0.1) is 21.7 Å². The maximum atomic E-state index is 14.0. The fraction of sp³-hybridized carbons (Fsp3) is 0.125. The van der Waals surface area contributed by atoms with E-state index < -0.39 is 34.4 Å². The zero-order valence-corrected chi connectivity index (χ0v) is 24.1. The van der Waals surface area contributed by atoms with Gasteiger partial charge in [0.15, 0.2) is 0 Å². The smallest absolute Gasteiger partial charge is 0.269 e. The summed E-state index contributed by atoms with van der Waals surface area (Å²) in [6.45, 7) is 0. The summed E-state index contributed by atoms with van der Waals surface area (Å²) in [6.07, 6.45) is 1.43. The highest BCUT2D eigenvalue weighted by atomic mass is 19.1. The zero-order chi connectivity index (χ0) is 32.1. The molecule has 45 heavy (non-hydrogen) atoms. The molecule has 1 heterocycles. The van der Waals surface area contributed by atoms with Gasteiger partial charge in [-0.25, -0.2) is 13.5 Å². The Morgan fingerprint density at radius 1 is 1.00 bits per heavy atom. The van der Waals surface area contributed by atoms with Gasteiger partial charge in [-0.2, -0.15) is 0 Å². The van der Waals surface area contributed by atoms with Gasteiger partial charge < -0.3 is 15.0 Å². The maximum Gasteiger partial charge on any atom is 0.269 e. The molecule has 13 heteroatoms. The van der Waals surface area contributed by atoms with E-state index in [4.69, 9.17) is 4.74 Å². The molecule has 0 aliphatic heterocycles. The Bertz CT molecular complexity index is 1840. The number of nitro groups is 1. The molecule has 0 aliphatic carbocycles. The van der Waals surface area contributed by atoms with Crippen molar-refractivity contribution in [2.45, 2.75) is 12.5 Å². The summed E-state index contributed by atoms with van der Waals surface area (Å²) >= 11 is 0. The summed E-state index contributed by atoms with van der Waals surface area (Å²) in [5.74, 6) is -2.13. The van der Waals surface area contributed by atoms with Crippen molar-refractivity contribution in [3.8, 4) is 22.7 Å². The Labute approximate surface area is 255 Å². The van der Waals surface area contributed by atoms with E-state index in [0.717, 1.165) is 18.2 Å². The van der Waals surface area contributed by atoms with E-state index >= 15 is 0 Å². The first kappa shape index (κ1) is 30.5. The summed E-state index contributed by atoms with van der Waals surface area (Å²) in [4.78, 5) is 38.9. The van der Waals surface area contributed by atoms with Gasteiger partial charge in [-0.1, -0.05) is 17.3 Å². The fourth-order valence-electron chi connectivity index (χ4n) is 4.64. The highest BCUT2D eigenvalue weighted by molar-refractivity contribution is 6.02. The van der Waals surface area contributed by atoms with Crippen molar-refractivity contribution in [1.82, 2.24) is 20.3 Å². The molecule has 0 bridgehead atoms. The fourth-order valence-corrected chi connectivity index (χ4v) is 4.64.